The topological polar surface area (TPSA) is 38.0 Å². The minimum Gasteiger partial charge on any atom is -0.378 e. The normalized spacial score (nSPS) is 27.4. The first-order valence-corrected chi connectivity index (χ1v) is 7.01. The van der Waals surface area contributed by atoms with Gasteiger partial charge >= 0.3 is 6.18 Å². The molecule has 3 N–H and O–H groups in total. The molecule has 5 heteroatoms. The lowest BCUT2D eigenvalue weighted by Crippen LogP contribution is -2.48. The lowest BCUT2D eigenvalue weighted by atomic mass is 9.77. The van der Waals surface area contributed by atoms with Crippen LogP contribution in [0.1, 0.15) is 38.2 Å². The van der Waals surface area contributed by atoms with Crippen LogP contribution in [0.3, 0.4) is 0 Å². The Morgan fingerprint density at radius 3 is 2.40 bits per heavy atom. The van der Waals surface area contributed by atoms with Crippen LogP contribution in [0.5, 0.6) is 0 Å². The molecule has 0 unspecified atom stereocenters. The van der Waals surface area contributed by atoms with Gasteiger partial charge in [-0.3, -0.25) is 0 Å². The van der Waals surface area contributed by atoms with E-state index in [9.17, 15) is 13.2 Å². The zero-order chi connectivity index (χ0) is 14.8. The van der Waals surface area contributed by atoms with Crippen LogP contribution in [-0.2, 0) is 6.18 Å². The van der Waals surface area contributed by atoms with Gasteiger partial charge in [0.2, 0.25) is 0 Å². The SMILES string of the molecule is CC1CCC(CN)(Nc2ccccc2C(F)(F)F)CC1. The van der Waals surface area contributed by atoms with Gasteiger partial charge in [0.25, 0.3) is 0 Å². The zero-order valence-electron chi connectivity index (χ0n) is 11.6. The summed E-state index contributed by atoms with van der Waals surface area (Å²) in [6.45, 7) is 2.52. The summed E-state index contributed by atoms with van der Waals surface area (Å²) >= 11 is 0. The number of rotatable bonds is 3. The summed E-state index contributed by atoms with van der Waals surface area (Å²) in [5.74, 6) is 0.620. The van der Waals surface area contributed by atoms with Crippen LogP contribution in [0, 0.1) is 5.92 Å². The molecule has 0 bridgehead atoms. The Balaban J connectivity index is 2.24. The van der Waals surface area contributed by atoms with Crippen molar-refractivity contribution in [3.05, 3.63) is 29.8 Å². The summed E-state index contributed by atoms with van der Waals surface area (Å²) in [6, 6.07) is 5.62. The molecule has 1 aromatic carbocycles. The Hall–Kier alpha value is -1.23. The van der Waals surface area contributed by atoms with Crippen molar-refractivity contribution in [3.8, 4) is 0 Å². The first-order valence-electron chi connectivity index (χ1n) is 7.01. The minimum absolute atomic E-state index is 0.139. The Kier molecular flexibility index (Phi) is 4.28. The Bertz CT molecular complexity index is 449. The van der Waals surface area contributed by atoms with Gasteiger partial charge in [-0.2, -0.15) is 13.2 Å². The van der Waals surface area contributed by atoms with E-state index in [2.05, 4.69) is 12.2 Å². The number of anilines is 1. The van der Waals surface area contributed by atoms with Crippen molar-refractivity contribution in [2.75, 3.05) is 11.9 Å². The van der Waals surface area contributed by atoms with Gasteiger partial charge in [0, 0.05) is 17.8 Å². The number of nitrogens with two attached hydrogens (primary N) is 1. The largest absolute Gasteiger partial charge is 0.418 e. The van der Waals surface area contributed by atoms with Gasteiger partial charge in [0.1, 0.15) is 0 Å². The maximum Gasteiger partial charge on any atom is 0.418 e. The molecule has 112 valence electrons. The van der Waals surface area contributed by atoms with Crippen molar-refractivity contribution < 1.29 is 13.2 Å². The van der Waals surface area contributed by atoms with Crippen LogP contribution in [-0.4, -0.2) is 12.1 Å². The molecule has 0 aliphatic heterocycles. The number of hydrogen-bond acceptors (Lipinski definition) is 2. The van der Waals surface area contributed by atoms with Crippen molar-refractivity contribution in [1.29, 1.82) is 0 Å². The highest BCUT2D eigenvalue weighted by atomic mass is 19.4. The average Bonchev–Trinajstić information content (AvgIpc) is 2.41. The van der Waals surface area contributed by atoms with Crippen molar-refractivity contribution in [2.45, 2.75) is 44.3 Å². The van der Waals surface area contributed by atoms with Crippen LogP contribution in [0.2, 0.25) is 0 Å². The molecule has 0 amide bonds. The van der Waals surface area contributed by atoms with Gasteiger partial charge in [0.15, 0.2) is 0 Å². The number of hydrogen-bond donors (Lipinski definition) is 2. The van der Waals surface area contributed by atoms with Gasteiger partial charge in [0.05, 0.1) is 5.56 Å². The molecule has 0 radical (unpaired) electrons. The van der Waals surface area contributed by atoms with Gasteiger partial charge < -0.3 is 11.1 Å². The number of para-hydroxylation sites is 1. The second-order valence-corrected chi connectivity index (χ2v) is 5.84. The molecular weight excluding hydrogens is 265 g/mol. The third-order valence-electron chi connectivity index (χ3n) is 4.25. The quantitative estimate of drug-likeness (QED) is 0.880. The smallest absolute Gasteiger partial charge is 0.378 e. The van der Waals surface area contributed by atoms with Crippen LogP contribution < -0.4 is 11.1 Å². The van der Waals surface area contributed by atoms with Crippen LogP contribution in [0.15, 0.2) is 24.3 Å². The van der Waals surface area contributed by atoms with Gasteiger partial charge in [-0.1, -0.05) is 19.1 Å². The number of alkyl halides is 3. The predicted molar refractivity (Wildman–Crippen MR) is 74.5 cm³/mol. The summed E-state index contributed by atoms with van der Waals surface area (Å²) in [6.07, 6.45) is -0.716. The summed E-state index contributed by atoms with van der Waals surface area (Å²) < 4.78 is 39.1. The van der Waals surface area contributed by atoms with Crippen molar-refractivity contribution in [1.82, 2.24) is 0 Å². The van der Waals surface area contributed by atoms with E-state index in [1.165, 1.54) is 12.1 Å². The van der Waals surface area contributed by atoms with Gasteiger partial charge in [-0.25, -0.2) is 0 Å². The van der Waals surface area contributed by atoms with Crippen molar-refractivity contribution in [3.63, 3.8) is 0 Å². The van der Waals surface area contributed by atoms with Crippen molar-refractivity contribution >= 4 is 5.69 Å². The predicted octanol–water partition coefficient (Wildman–Crippen LogP) is 4.02. The third-order valence-corrected chi connectivity index (χ3v) is 4.25. The summed E-state index contributed by atoms with van der Waals surface area (Å²) in [5.41, 5.74) is 4.96. The summed E-state index contributed by atoms with van der Waals surface area (Å²) in [4.78, 5) is 0. The van der Waals surface area contributed by atoms with Gasteiger partial charge in [-0.15, -0.1) is 0 Å². The first kappa shape index (κ1) is 15.2. The van der Waals surface area contributed by atoms with Crippen LogP contribution >= 0.6 is 0 Å². The van der Waals surface area contributed by atoms with Crippen LogP contribution in [0.4, 0.5) is 18.9 Å². The molecule has 0 spiro atoms. The summed E-state index contributed by atoms with van der Waals surface area (Å²) in [5, 5.41) is 3.09. The molecule has 0 atom stereocenters. The Morgan fingerprint density at radius 2 is 1.85 bits per heavy atom. The molecule has 1 aliphatic carbocycles. The van der Waals surface area contributed by atoms with E-state index >= 15 is 0 Å². The number of benzene rings is 1. The molecule has 20 heavy (non-hydrogen) atoms. The molecule has 1 aromatic rings. The van der Waals surface area contributed by atoms with E-state index < -0.39 is 17.3 Å². The van der Waals surface area contributed by atoms with E-state index in [0.717, 1.165) is 31.7 Å². The van der Waals surface area contributed by atoms with Gasteiger partial charge in [-0.05, 0) is 43.7 Å². The summed E-state index contributed by atoms with van der Waals surface area (Å²) in [7, 11) is 0. The van der Waals surface area contributed by atoms with E-state index in [1.807, 2.05) is 0 Å². The fourth-order valence-electron chi connectivity index (χ4n) is 2.82. The second-order valence-electron chi connectivity index (χ2n) is 5.84. The second kappa shape index (κ2) is 5.64. The fourth-order valence-corrected chi connectivity index (χ4v) is 2.82. The third kappa shape index (κ3) is 3.26. The van der Waals surface area contributed by atoms with E-state index in [4.69, 9.17) is 5.73 Å². The van der Waals surface area contributed by atoms with Crippen LogP contribution in [0.25, 0.3) is 0 Å². The van der Waals surface area contributed by atoms with E-state index in [1.54, 1.807) is 6.07 Å². The molecule has 2 nitrogen and oxygen atoms in total. The highest BCUT2D eigenvalue weighted by molar-refractivity contribution is 5.54. The lowest BCUT2D eigenvalue weighted by molar-refractivity contribution is -0.137. The molecule has 2 rings (SSSR count). The number of halogens is 3. The van der Waals surface area contributed by atoms with E-state index in [0.29, 0.717) is 12.5 Å². The number of nitrogens with one attached hydrogen (secondary N) is 1. The highest BCUT2D eigenvalue weighted by Gasteiger charge is 2.37. The molecule has 0 aromatic heterocycles. The standard InChI is InChI=1S/C15H21F3N2/c1-11-6-8-14(10-19,9-7-11)20-13-5-3-2-4-12(13)15(16,17)18/h2-5,11,20H,6-10,19H2,1H3. The molecule has 1 aliphatic rings. The first-order chi connectivity index (χ1) is 9.36. The van der Waals surface area contributed by atoms with E-state index in [-0.39, 0.29) is 5.69 Å². The average molecular weight is 286 g/mol. The minimum atomic E-state index is -4.35. The molecule has 1 fully saturated rings. The monoisotopic (exact) mass is 286 g/mol. The lowest BCUT2D eigenvalue weighted by Gasteiger charge is -2.40. The molecule has 0 heterocycles. The Labute approximate surface area is 117 Å². The molecule has 0 saturated heterocycles. The zero-order valence-corrected chi connectivity index (χ0v) is 11.6. The van der Waals surface area contributed by atoms with Crippen molar-refractivity contribution in [2.24, 2.45) is 11.7 Å². The molecule has 1 saturated carbocycles. The molecular formula is C15H21F3N2. The maximum atomic E-state index is 13.0. The Morgan fingerprint density at radius 1 is 1.25 bits per heavy atom. The highest BCUT2D eigenvalue weighted by Crippen LogP contribution is 2.39. The maximum absolute atomic E-state index is 13.0. The fraction of sp³-hybridized carbons (Fsp3) is 0.600.